The molecule has 1 N–H and O–H groups in total. The summed E-state index contributed by atoms with van der Waals surface area (Å²) in [6.07, 6.45) is -4.93. The van der Waals surface area contributed by atoms with Crippen molar-refractivity contribution in [3.8, 4) is 0 Å². The number of halogens is 3. The summed E-state index contributed by atoms with van der Waals surface area (Å²) in [7, 11) is 0. The third-order valence-corrected chi connectivity index (χ3v) is 3.74. The van der Waals surface area contributed by atoms with Crippen LogP contribution >= 0.6 is 0 Å². The van der Waals surface area contributed by atoms with Gasteiger partial charge in [0.05, 0.1) is 0 Å². The number of hydrogen-bond acceptors (Lipinski definition) is 2. The normalized spacial score (nSPS) is 17.1. The second kappa shape index (κ2) is 6.47. The molecular weight excluding hydrogens is 281 g/mol. The van der Waals surface area contributed by atoms with Gasteiger partial charge in [0.1, 0.15) is 6.42 Å². The summed E-state index contributed by atoms with van der Waals surface area (Å²) in [4.78, 5) is 13.4. The van der Waals surface area contributed by atoms with Crippen LogP contribution in [0.1, 0.15) is 24.5 Å². The quantitative estimate of drug-likeness (QED) is 0.926. The highest BCUT2D eigenvalue weighted by Gasteiger charge is 2.31. The van der Waals surface area contributed by atoms with Gasteiger partial charge in [-0.15, -0.1) is 0 Å². The molecule has 1 aromatic carbocycles. The lowest BCUT2D eigenvalue weighted by Crippen LogP contribution is -2.44. The Kier molecular flexibility index (Phi) is 4.88. The van der Waals surface area contributed by atoms with Crippen LogP contribution in [0.3, 0.4) is 0 Å². The van der Waals surface area contributed by atoms with E-state index in [1.165, 1.54) is 11.1 Å². The fourth-order valence-electron chi connectivity index (χ4n) is 2.53. The van der Waals surface area contributed by atoms with Crippen LogP contribution in [0, 0.1) is 0 Å². The van der Waals surface area contributed by atoms with Gasteiger partial charge in [-0.2, -0.15) is 13.2 Å². The molecule has 21 heavy (non-hydrogen) atoms. The van der Waals surface area contributed by atoms with Gasteiger partial charge in [0.15, 0.2) is 0 Å². The number of carbonyl (C=O) groups excluding carboxylic acids is 1. The maximum Gasteiger partial charge on any atom is 0.397 e. The van der Waals surface area contributed by atoms with Crippen LogP contribution in [-0.2, 0) is 17.8 Å². The van der Waals surface area contributed by atoms with Crippen LogP contribution in [0.4, 0.5) is 13.2 Å². The predicted octanol–water partition coefficient (Wildman–Crippen LogP) is 2.50. The van der Waals surface area contributed by atoms with Gasteiger partial charge in [-0.1, -0.05) is 24.3 Å². The molecule has 0 unspecified atom stereocenters. The van der Waals surface area contributed by atoms with E-state index < -0.39 is 18.5 Å². The van der Waals surface area contributed by atoms with Gasteiger partial charge in [0.2, 0.25) is 5.91 Å². The van der Waals surface area contributed by atoms with E-state index in [2.05, 4.69) is 22.3 Å². The summed E-state index contributed by atoms with van der Waals surface area (Å²) in [6.45, 7) is 3.78. The molecule has 6 heteroatoms. The van der Waals surface area contributed by atoms with E-state index in [1.807, 2.05) is 19.1 Å². The first-order valence-electron chi connectivity index (χ1n) is 6.99. The molecule has 1 heterocycles. The van der Waals surface area contributed by atoms with Crippen LogP contribution in [0.2, 0.25) is 0 Å². The van der Waals surface area contributed by atoms with E-state index in [0.717, 1.165) is 19.5 Å². The third kappa shape index (κ3) is 4.74. The number of hydrogen-bond donors (Lipinski definition) is 1. The lowest BCUT2D eigenvalue weighted by atomic mass is 9.99. The largest absolute Gasteiger partial charge is 0.397 e. The lowest BCUT2D eigenvalue weighted by molar-refractivity contribution is -0.153. The van der Waals surface area contributed by atoms with Crippen molar-refractivity contribution in [2.45, 2.75) is 38.5 Å². The van der Waals surface area contributed by atoms with Crippen molar-refractivity contribution in [3.63, 3.8) is 0 Å². The number of benzene rings is 1. The fourth-order valence-corrected chi connectivity index (χ4v) is 2.53. The van der Waals surface area contributed by atoms with Gasteiger partial charge >= 0.3 is 6.18 Å². The molecule has 0 saturated heterocycles. The molecule has 0 spiro atoms. The molecule has 0 fully saturated rings. The number of carbonyl (C=O) groups is 1. The maximum absolute atomic E-state index is 12.1. The van der Waals surface area contributed by atoms with E-state index in [-0.39, 0.29) is 12.6 Å². The molecule has 0 bridgehead atoms. The van der Waals surface area contributed by atoms with Gasteiger partial charge in [-0.05, 0) is 24.5 Å². The molecule has 1 aliphatic heterocycles. The highest BCUT2D eigenvalue weighted by Crippen LogP contribution is 2.21. The molecule has 1 aliphatic rings. The Labute approximate surface area is 122 Å². The monoisotopic (exact) mass is 300 g/mol. The highest BCUT2D eigenvalue weighted by atomic mass is 19.4. The van der Waals surface area contributed by atoms with Crippen LogP contribution in [0.15, 0.2) is 24.3 Å². The van der Waals surface area contributed by atoms with Crippen LogP contribution in [0.25, 0.3) is 0 Å². The highest BCUT2D eigenvalue weighted by molar-refractivity contribution is 5.76. The van der Waals surface area contributed by atoms with Crippen LogP contribution < -0.4 is 5.32 Å². The Morgan fingerprint density at radius 2 is 2.00 bits per heavy atom. The molecular formula is C15H19F3N2O. The number of nitrogens with zero attached hydrogens (tertiary/aromatic N) is 1. The molecule has 3 nitrogen and oxygen atoms in total. The molecule has 1 atom stereocenters. The predicted molar refractivity (Wildman–Crippen MR) is 73.7 cm³/mol. The van der Waals surface area contributed by atoms with Gasteiger partial charge in [-0.25, -0.2) is 0 Å². The van der Waals surface area contributed by atoms with Crippen molar-refractivity contribution in [3.05, 3.63) is 35.4 Å². The van der Waals surface area contributed by atoms with Gasteiger partial charge < -0.3 is 5.32 Å². The Bertz CT molecular complexity index is 502. The van der Waals surface area contributed by atoms with E-state index in [9.17, 15) is 18.0 Å². The summed E-state index contributed by atoms with van der Waals surface area (Å²) in [5, 5.41) is 2.36. The van der Waals surface area contributed by atoms with Crippen molar-refractivity contribution >= 4 is 5.91 Å². The molecule has 0 saturated carbocycles. The third-order valence-electron chi connectivity index (χ3n) is 3.74. The molecule has 1 amide bonds. The van der Waals surface area contributed by atoms with Gasteiger partial charge in [0, 0.05) is 25.7 Å². The summed E-state index contributed by atoms with van der Waals surface area (Å²) in [5.41, 5.74) is 2.57. The van der Waals surface area contributed by atoms with E-state index in [4.69, 9.17) is 0 Å². The average Bonchev–Trinajstić information content (AvgIpc) is 2.42. The van der Waals surface area contributed by atoms with E-state index in [1.54, 1.807) is 0 Å². The Hall–Kier alpha value is -1.56. The van der Waals surface area contributed by atoms with E-state index >= 15 is 0 Å². The number of fused-ring (bicyclic) bond motifs is 1. The zero-order chi connectivity index (χ0) is 15.5. The lowest BCUT2D eigenvalue weighted by Gasteiger charge is -2.33. The Morgan fingerprint density at radius 3 is 2.67 bits per heavy atom. The smallest absolute Gasteiger partial charge is 0.354 e. The van der Waals surface area contributed by atoms with Crippen molar-refractivity contribution in [2.24, 2.45) is 0 Å². The van der Waals surface area contributed by atoms with Crippen LogP contribution in [0.5, 0.6) is 0 Å². The Morgan fingerprint density at radius 1 is 1.33 bits per heavy atom. The van der Waals surface area contributed by atoms with Crippen molar-refractivity contribution in [1.82, 2.24) is 10.2 Å². The molecule has 0 aromatic heterocycles. The van der Waals surface area contributed by atoms with Crippen molar-refractivity contribution in [1.29, 1.82) is 0 Å². The van der Waals surface area contributed by atoms with Crippen LogP contribution in [-0.4, -0.2) is 36.1 Å². The van der Waals surface area contributed by atoms with Gasteiger partial charge in [-0.3, -0.25) is 9.69 Å². The number of rotatable bonds is 4. The molecule has 2 rings (SSSR count). The summed E-state index contributed by atoms with van der Waals surface area (Å²) < 4.78 is 36.2. The second-order valence-corrected chi connectivity index (χ2v) is 5.43. The minimum absolute atomic E-state index is 0.00976. The zero-order valence-corrected chi connectivity index (χ0v) is 11.9. The van der Waals surface area contributed by atoms with Crippen molar-refractivity contribution in [2.75, 3.05) is 13.1 Å². The molecule has 0 radical (unpaired) electrons. The number of amides is 1. The Balaban J connectivity index is 1.82. The standard InChI is InChI=1S/C15H19F3N2O/c1-11(9-19-14(21)8-15(16,17)18)20-7-6-12-4-2-3-5-13(12)10-20/h2-5,11H,6-10H2,1H3,(H,19,21)/t11-/m1/s1. The minimum atomic E-state index is -4.45. The van der Waals surface area contributed by atoms with E-state index in [0.29, 0.717) is 0 Å². The number of alkyl halides is 3. The molecule has 1 aromatic rings. The zero-order valence-electron chi connectivity index (χ0n) is 11.9. The SMILES string of the molecule is C[C@H](CNC(=O)CC(F)(F)F)N1CCc2ccccc2C1. The summed E-state index contributed by atoms with van der Waals surface area (Å²) in [5.74, 6) is -0.966. The molecule has 116 valence electrons. The minimum Gasteiger partial charge on any atom is -0.354 e. The molecule has 0 aliphatic carbocycles. The van der Waals surface area contributed by atoms with Gasteiger partial charge in [0.25, 0.3) is 0 Å². The first-order valence-corrected chi connectivity index (χ1v) is 6.99. The summed E-state index contributed by atoms with van der Waals surface area (Å²) in [6, 6.07) is 8.17. The van der Waals surface area contributed by atoms with Crippen molar-refractivity contribution < 1.29 is 18.0 Å². The maximum atomic E-state index is 12.1. The first-order chi connectivity index (χ1) is 9.85. The average molecular weight is 300 g/mol. The summed E-state index contributed by atoms with van der Waals surface area (Å²) >= 11 is 0. The topological polar surface area (TPSA) is 32.3 Å². The number of nitrogens with one attached hydrogen (secondary N) is 1. The second-order valence-electron chi connectivity index (χ2n) is 5.43. The fraction of sp³-hybridized carbons (Fsp3) is 0.533. The first kappa shape index (κ1) is 15.8.